The van der Waals surface area contributed by atoms with Gasteiger partial charge < -0.3 is 5.32 Å². The molecule has 0 saturated heterocycles. The summed E-state index contributed by atoms with van der Waals surface area (Å²) < 4.78 is 0. The highest BCUT2D eigenvalue weighted by Crippen LogP contribution is 1.60. The SMILES string of the molecule is CC=NNC(=S)NC. The van der Waals surface area contributed by atoms with Crippen LogP contribution in [0.2, 0.25) is 0 Å². The van der Waals surface area contributed by atoms with Crippen LogP contribution in [0.15, 0.2) is 5.10 Å². The van der Waals surface area contributed by atoms with Crippen molar-refractivity contribution in [3.8, 4) is 0 Å². The fourth-order valence-electron chi connectivity index (χ4n) is 0.179. The average Bonchev–Trinajstić information content (AvgIpc) is 1.83. The zero-order chi connectivity index (χ0) is 6.41. The molecular formula is C4H9N3S. The maximum absolute atomic E-state index is 4.68. The van der Waals surface area contributed by atoms with Crippen LogP contribution in [0, 0.1) is 0 Å². The zero-order valence-corrected chi connectivity index (χ0v) is 5.75. The van der Waals surface area contributed by atoms with Gasteiger partial charge in [-0.25, -0.2) is 0 Å². The zero-order valence-electron chi connectivity index (χ0n) is 4.93. The van der Waals surface area contributed by atoms with E-state index in [-0.39, 0.29) is 0 Å². The van der Waals surface area contributed by atoms with Gasteiger partial charge in [-0.1, -0.05) is 0 Å². The second kappa shape index (κ2) is 4.52. The molecule has 0 fully saturated rings. The fraction of sp³-hybridized carbons (Fsp3) is 0.500. The van der Waals surface area contributed by atoms with Gasteiger partial charge in [0.05, 0.1) is 0 Å². The molecule has 3 nitrogen and oxygen atoms in total. The summed E-state index contributed by atoms with van der Waals surface area (Å²) in [7, 11) is 1.74. The van der Waals surface area contributed by atoms with Crippen molar-refractivity contribution < 1.29 is 0 Å². The molecule has 0 aromatic heterocycles. The van der Waals surface area contributed by atoms with Crippen LogP contribution in [-0.2, 0) is 0 Å². The highest BCUT2D eigenvalue weighted by atomic mass is 32.1. The Morgan fingerprint density at radius 1 is 1.75 bits per heavy atom. The van der Waals surface area contributed by atoms with Gasteiger partial charge in [-0.15, -0.1) is 0 Å². The van der Waals surface area contributed by atoms with Crippen molar-refractivity contribution in [3.63, 3.8) is 0 Å². The molecule has 0 bridgehead atoms. The third-order valence-electron chi connectivity index (χ3n) is 0.522. The van der Waals surface area contributed by atoms with Gasteiger partial charge in [0.15, 0.2) is 5.11 Å². The number of hydrogen-bond donors (Lipinski definition) is 2. The first-order valence-electron chi connectivity index (χ1n) is 2.26. The van der Waals surface area contributed by atoms with E-state index in [1.54, 1.807) is 13.3 Å². The molecule has 0 aliphatic carbocycles. The average molecular weight is 131 g/mol. The normalized spacial score (nSPS) is 9.25. The standard InChI is InChI=1S/C4H9N3S/c1-3-6-7-4(8)5-2/h3H,1-2H3,(H2,5,7,8). The van der Waals surface area contributed by atoms with Crippen LogP contribution in [0.1, 0.15) is 6.92 Å². The lowest BCUT2D eigenvalue weighted by Crippen LogP contribution is -2.28. The van der Waals surface area contributed by atoms with E-state index in [1.807, 2.05) is 6.92 Å². The molecule has 0 aromatic carbocycles. The van der Waals surface area contributed by atoms with Crippen molar-refractivity contribution in [2.45, 2.75) is 6.92 Å². The first-order valence-corrected chi connectivity index (χ1v) is 2.67. The first kappa shape index (κ1) is 7.36. The molecule has 0 atom stereocenters. The van der Waals surface area contributed by atoms with Crippen LogP contribution < -0.4 is 10.7 Å². The van der Waals surface area contributed by atoms with Crippen molar-refractivity contribution in [1.29, 1.82) is 0 Å². The number of nitrogens with zero attached hydrogens (tertiary/aromatic N) is 1. The van der Waals surface area contributed by atoms with E-state index < -0.39 is 0 Å². The topological polar surface area (TPSA) is 36.4 Å². The van der Waals surface area contributed by atoms with Crippen LogP contribution in [0.3, 0.4) is 0 Å². The molecule has 8 heavy (non-hydrogen) atoms. The smallest absolute Gasteiger partial charge is 0.186 e. The molecule has 2 N–H and O–H groups in total. The molecule has 0 aliphatic rings. The Kier molecular flexibility index (Phi) is 4.16. The molecule has 0 aromatic rings. The largest absolute Gasteiger partial charge is 0.364 e. The van der Waals surface area contributed by atoms with Gasteiger partial charge in [0, 0.05) is 13.3 Å². The quantitative estimate of drug-likeness (QED) is 0.301. The molecule has 0 aliphatic heterocycles. The molecule has 46 valence electrons. The maximum Gasteiger partial charge on any atom is 0.186 e. The Labute approximate surface area is 54.2 Å². The Hall–Kier alpha value is -0.640. The van der Waals surface area contributed by atoms with Crippen molar-refractivity contribution >= 4 is 23.5 Å². The third-order valence-corrected chi connectivity index (χ3v) is 0.818. The van der Waals surface area contributed by atoms with E-state index >= 15 is 0 Å². The van der Waals surface area contributed by atoms with Gasteiger partial charge in [-0.2, -0.15) is 5.10 Å². The minimum atomic E-state index is 0.531. The number of hydrogen-bond acceptors (Lipinski definition) is 2. The minimum Gasteiger partial charge on any atom is -0.364 e. The molecule has 0 radical (unpaired) electrons. The van der Waals surface area contributed by atoms with E-state index in [0.717, 1.165) is 0 Å². The summed E-state index contributed by atoms with van der Waals surface area (Å²) >= 11 is 4.68. The molecule has 0 spiro atoms. The summed E-state index contributed by atoms with van der Waals surface area (Å²) in [6.45, 7) is 1.81. The Morgan fingerprint density at radius 2 is 2.38 bits per heavy atom. The molecule has 0 amide bonds. The summed E-state index contributed by atoms with van der Waals surface area (Å²) in [6.07, 6.45) is 1.63. The highest BCUT2D eigenvalue weighted by Gasteiger charge is 1.80. The van der Waals surface area contributed by atoms with E-state index in [0.29, 0.717) is 5.11 Å². The summed E-state index contributed by atoms with van der Waals surface area (Å²) in [5.41, 5.74) is 2.57. The number of nitrogens with one attached hydrogen (secondary N) is 2. The predicted octanol–water partition coefficient (Wildman–Crippen LogP) is 0.0860. The second-order valence-electron chi connectivity index (χ2n) is 1.08. The maximum atomic E-state index is 4.68. The van der Waals surface area contributed by atoms with Gasteiger partial charge in [-0.3, -0.25) is 5.43 Å². The van der Waals surface area contributed by atoms with Crippen molar-refractivity contribution in [3.05, 3.63) is 0 Å². The van der Waals surface area contributed by atoms with Crippen LogP contribution in [0.5, 0.6) is 0 Å². The molecule has 0 unspecified atom stereocenters. The number of thiocarbonyl (C=S) groups is 1. The fourth-order valence-corrected chi connectivity index (χ4v) is 0.232. The first-order chi connectivity index (χ1) is 3.81. The van der Waals surface area contributed by atoms with E-state index in [9.17, 15) is 0 Å². The van der Waals surface area contributed by atoms with Gasteiger partial charge in [-0.05, 0) is 19.1 Å². The van der Waals surface area contributed by atoms with Gasteiger partial charge >= 0.3 is 0 Å². The molecule has 0 rings (SSSR count). The van der Waals surface area contributed by atoms with Gasteiger partial charge in [0.25, 0.3) is 0 Å². The summed E-state index contributed by atoms with van der Waals surface area (Å²) in [5.74, 6) is 0. The van der Waals surface area contributed by atoms with Crippen LogP contribution >= 0.6 is 12.2 Å². The van der Waals surface area contributed by atoms with E-state index in [4.69, 9.17) is 0 Å². The third kappa shape index (κ3) is 3.55. The van der Waals surface area contributed by atoms with Gasteiger partial charge in [0.2, 0.25) is 0 Å². The lowest BCUT2D eigenvalue weighted by molar-refractivity contribution is 0.981. The summed E-state index contributed by atoms with van der Waals surface area (Å²) in [4.78, 5) is 0. The number of hydrazone groups is 1. The molecule has 0 saturated carbocycles. The minimum absolute atomic E-state index is 0.531. The van der Waals surface area contributed by atoms with Crippen molar-refractivity contribution in [1.82, 2.24) is 10.7 Å². The van der Waals surface area contributed by atoms with E-state index in [1.165, 1.54) is 0 Å². The number of rotatable bonds is 1. The van der Waals surface area contributed by atoms with Crippen LogP contribution in [-0.4, -0.2) is 18.4 Å². The van der Waals surface area contributed by atoms with Crippen LogP contribution in [0.4, 0.5) is 0 Å². The predicted molar refractivity (Wildman–Crippen MR) is 39.0 cm³/mol. The lowest BCUT2D eigenvalue weighted by atomic mass is 10.9. The summed E-state index contributed by atoms with van der Waals surface area (Å²) in [6, 6.07) is 0. The van der Waals surface area contributed by atoms with Crippen molar-refractivity contribution in [2.75, 3.05) is 7.05 Å². The second-order valence-corrected chi connectivity index (χ2v) is 1.49. The highest BCUT2D eigenvalue weighted by molar-refractivity contribution is 7.80. The lowest BCUT2D eigenvalue weighted by Gasteiger charge is -1.97. The molecule has 4 heteroatoms. The molecule has 0 heterocycles. The van der Waals surface area contributed by atoms with Gasteiger partial charge in [0.1, 0.15) is 0 Å². The Morgan fingerprint density at radius 3 is 2.75 bits per heavy atom. The van der Waals surface area contributed by atoms with E-state index in [2.05, 4.69) is 28.1 Å². The monoisotopic (exact) mass is 131 g/mol. The Balaban J connectivity index is 3.25. The van der Waals surface area contributed by atoms with Crippen molar-refractivity contribution in [2.24, 2.45) is 5.10 Å². The summed E-state index contributed by atoms with van der Waals surface area (Å²) in [5, 5.41) is 6.90. The Bertz CT molecular complexity index is 99.5. The van der Waals surface area contributed by atoms with Crippen LogP contribution in [0.25, 0.3) is 0 Å². The molecular weight excluding hydrogens is 122 g/mol.